The molecule has 1 aromatic heterocycles. The number of hydrogen-bond acceptors (Lipinski definition) is 10. The molecule has 4 aliphatic heterocycles. The first-order valence-electron chi connectivity index (χ1n) is 11.4. The maximum Gasteiger partial charge on any atom is 0.352 e. The highest BCUT2D eigenvalue weighted by Crippen LogP contribution is 2.42. The Kier molecular flexibility index (Phi) is 6.73. The van der Waals surface area contributed by atoms with Crippen molar-refractivity contribution in [3.63, 3.8) is 0 Å². The molecule has 5 rings (SSSR count). The zero-order chi connectivity index (χ0) is 27.3. The Labute approximate surface area is 224 Å². The van der Waals surface area contributed by atoms with Crippen molar-refractivity contribution in [3.8, 4) is 0 Å². The molecule has 0 aromatic carbocycles. The van der Waals surface area contributed by atoms with E-state index < -0.39 is 52.4 Å². The number of fused-ring (bicyclic) bond motifs is 2. The monoisotopic (exact) mass is 561 g/mol. The highest BCUT2D eigenvalue weighted by atomic mass is 32.2. The lowest BCUT2D eigenvalue weighted by Crippen LogP contribution is -2.73. The molecule has 0 aliphatic carbocycles. The van der Waals surface area contributed by atoms with Gasteiger partial charge in [-0.1, -0.05) is 5.16 Å². The molecule has 0 unspecified atom stereocenters. The third kappa shape index (κ3) is 4.05. The molecule has 0 bridgehead atoms. The van der Waals surface area contributed by atoms with Gasteiger partial charge in [0.05, 0.1) is 6.26 Å². The summed E-state index contributed by atoms with van der Waals surface area (Å²) in [5.74, 6) is -2.48. The maximum absolute atomic E-state index is 13.3. The molecular weight excluding hydrogens is 538 g/mol. The second-order valence-electron chi connectivity index (χ2n) is 8.88. The van der Waals surface area contributed by atoms with Crippen molar-refractivity contribution >= 4 is 58.8 Å². The van der Waals surface area contributed by atoms with Crippen molar-refractivity contribution in [1.82, 2.24) is 20.4 Å². The summed E-state index contributed by atoms with van der Waals surface area (Å²) in [7, 11) is 1.28. The summed E-state index contributed by atoms with van der Waals surface area (Å²) >= 11 is 2.75. The van der Waals surface area contributed by atoms with E-state index in [-0.39, 0.29) is 22.9 Å². The molecule has 5 heterocycles. The Balaban J connectivity index is 1.28. The summed E-state index contributed by atoms with van der Waals surface area (Å²) < 4.78 is 5.22. The van der Waals surface area contributed by atoms with Gasteiger partial charge in [0.1, 0.15) is 41.3 Å². The lowest BCUT2D eigenvalue weighted by molar-refractivity contribution is -0.151. The van der Waals surface area contributed by atoms with Gasteiger partial charge in [-0.05, 0) is 37.1 Å². The van der Waals surface area contributed by atoms with E-state index in [1.54, 1.807) is 19.9 Å². The largest absolute Gasteiger partial charge is 0.477 e. The van der Waals surface area contributed by atoms with Gasteiger partial charge >= 0.3 is 5.97 Å². The highest BCUT2D eigenvalue weighted by Gasteiger charge is 2.57. The van der Waals surface area contributed by atoms with Crippen molar-refractivity contribution in [3.05, 3.63) is 46.7 Å². The van der Waals surface area contributed by atoms with Gasteiger partial charge in [-0.25, -0.2) is 4.79 Å². The van der Waals surface area contributed by atoms with Gasteiger partial charge in [0.15, 0.2) is 5.76 Å². The maximum atomic E-state index is 13.3. The SMILES string of the molecule is CO/N=C(\C(=O)N[C@@H]1C(=O)N2C(C(=O)N[C@@H]3C(=O)N4C(C(=O)O)=C(C)CS[C@H]34)=C(C)CS[C@H]12)c1ccco1. The number of hydrogen-bond donors (Lipinski definition) is 3. The Morgan fingerprint density at radius 3 is 2.16 bits per heavy atom. The summed E-state index contributed by atoms with van der Waals surface area (Å²) in [5, 5.41) is 17.4. The molecule has 4 aliphatic rings. The number of amides is 4. The number of carbonyl (C=O) groups is 5. The molecule has 4 atom stereocenters. The molecule has 0 radical (unpaired) electrons. The average molecular weight is 562 g/mol. The molecule has 13 nitrogen and oxygen atoms in total. The van der Waals surface area contributed by atoms with E-state index in [9.17, 15) is 29.1 Å². The Morgan fingerprint density at radius 1 is 1.03 bits per heavy atom. The fourth-order valence-electron chi connectivity index (χ4n) is 4.69. The van der Waals surface area contributed by atoms with Crippen LogP contribution < -0.4 is 10.6 Å². The number of β-lactam (4-membered cyclic amide) rings is 2. The van der Waals surface area contributed by atoms with Crippen LogP contribution in [0.3, 0.4) is 0 Å². The predicted molar refractivity (Wildman–Crippen MR) is 135 cm³/mol. The summed E-state index contributed by atoms with van der Waals surface area (Å²) in [5.41, 5.74) is 1.14. The number of aliphatic carboxylic acids is 1. The number of nitrogens with zero attached hydrogens (tertiary/aromatic N) is 3. The van der Waals surface area contributed by atoms with Gasteiger partial charge in [-0.3, -0.25) is 29.0 Å². The van der Waals surface area contributed by atoms with Gasteiger partial charge in [0.2, 0.25) is 5.71 Å². The molecule has 4 amide bonds. The van der Waals surface area contributed by atoms with Gasteiger partial charge < -0.3 is 25.0 Å². The van der Waals surface area contributed by atoms with E-state index in [4.69, 9.17) is 9.25 Å². The number of nitrogens with one attached hydrogen (secondary N) is 2. The third-order valence-electron chi connectivity index (χ3n) is 6.46. The van der Waals surface area contributed by atoms with Crippen LogP contribution in [0.1, 0.15) is 19.6 Å². The van der Waals surface area contributed by atoms with Crippen LogP contribution in [0, 0.1) is 0 Å². The minimum Gasteiger partial charge on any atom is -0.477 e. The molecule has 0 saturated carbocycles. The van der Waals surface area contributed by atoms with E-state index in [1.807, 2.05) is 0 Å². The zero-order valence-corrected chi connectivity index (χ0v) is 22.1. The van der Waals surface area contributed by atoms with Gasteiger partial charge in [-0.2, -0.15) is 0 Å². The lowest BCUT2D eigenvalue weighted by atomic mass is 10.0. The smallest absolute Gasteiger partial charge is 0.352 e. The van der Waals surface area contributed by atoms with E-state index in [0.29, 0.717) is 22.7 Å². The number of thioether (sulfide) groups is 2. The van der Waals surface area contributed by atoms with Gasteiger partial charge in [0.25, 0.3) is 23.6 Å². The molecule has 1 aromatic rings. The lowest BCUT2D eigenvalue weighted by Gasteiger charge is -2.51. The predicted octanol–water partition coefficient (Wildman–Crippen LogP) is 0.0625. The van der Waals surface area contributed by atoms with Crippen LogP contribution in [0.15, 0.2) is 50.5 Å². The number of rotatable bonds is 7. The van der Waals surface area contributed by atoms with E-state index in [0.717, 1.165) is 0 Å². The van der Waals surface area contributed by atoms with Crippen LogP contribution in [0.4, 0.5) is 0 Å². The molecule has 3 N–H and O–H groups in total. The van der Waals surface area contributed by atoms with Crippen molar-refractivity contribution in [2.75, 3.05) is 18.6 Å². The van der Waals surface area contributed by atoms with Crippen LogP contribution in [-0.2, 0) is 28.8 Å². The first-order valence-corrected chi connectivity index (χ1v) is 13.5. The third-order valence-corrected chi connectivity index (χ3v) is 9.31. The minimum absolute atomic E-state index is 0.0591. The fraction of sp³-hybridized carbons (Fsp3) is 0.391. The highest BCUT2D eigenvalue weighted by molar-refractivity contribution is 8.00. The fourth-order valence-corrected chi connectivity index (χ4v) is 7.28. The number of furan rings is 1. The van der Waals surface area contributed by atoms with Crippen LogP contribution >= 0.6 is 23.5 Å². The molecule has 2 saturated heterocycles. The number of carbonyl (C=O) groups excluding carboxylic acids is 4. The number of carboxylic acids is 1. The topological polar surface area (TPSA) is 171 Å². The van der Waals surface area contributed by atoms with E-state index in [1.165, 1.54) is 52.8 Å². The van der Waals surface area contributed by atoms with Crippen LogP contribution in [0.25, 0.3) is 0 Å². The summed E-state index contributed by atoms with van der Waals surface area (Å²) in [6, 6.07) is 1.27. The number of oxime groups is 1. The van der Waals surface area contributed by atoms with Crippen molar-refractivity contribution in [2.24, 2.45) is 5.16 Å². The first kappa shape index (κ1) is 25.9. The van der Waals surface area contributed by atoms with Crippen molar-refractivity contribution < 1.29 is 38.3 Å². The molecule has 0 spiro atoms. The summed E-state index contributed by atoms with van der Waals surface area (Å²) in [4.78, 5) is 70.9. The molecule has 15 heteroatoms. The van der Waals surface area contributed by atoms with E-state index >= 15 is 0 Å². The molecular formula is C23H23N5O8S2. The second kappa shape index (κ2) is 9.87. The van der Waals surface area contributed by atoms with Crippen LogP contribution in [-0.4, -0.2) is 91.7 Å². The summed E-state index contributed by atoms with van der Waals surface area (Å²) in [6.07, 6.45) is 1.37. The minimum atomic E-state index is -1.19. The molecule has 38 heavy (non-hydrogen) atoms. The van der Waals surface area contributed by atoms with Gasteiger partial charge in [-0.15, -0.1) is 23.5 Å². The molecule has 200 valence electrons. The summed E-state index contributed by atoms with van der Waals surface area (Å²) in [6.45, 7) is 3.37. The van der Waals surface area contributed by atoms with Crippen LogP contribution in [0.5, 0.6) is 0 Å². The van der Waals surface area contributed by atoms with Crippen molar-refractivity contribution in [1.29, 1.82) is 0 Å². The number of carboxylic acid groups (broad SMARTS) is 1. The molecule has 2 fully saturated rings. The van der Waals surface area contributed by atoms with Gasteiger partial charge in [0, 0.05) is 11.5 Å². The van der Waals surface area contributed by atoms with E-state index in [2.05, 4.69) is 15.8 Å². The average Bonchev–Trinajstić information content (AvgIpc) is 3.42. The second-order valence-corrected chi connectivity index (χ2v) is 11.1. The van der Waals surface area contributed by atoms with Crippen molar-refractivity contribution in [2.45, 2.75) is 36.7 Å². The van der Waals surface area contributed by atoms with Crippen LogP contribution in [0.2, 0.25) is 0 Å². The first-order chi connectivity index (χ1) is 18.1. The quantitative estimate of drug-likeness (QED) is 0.235. The standard InChI is InChI=1S/C23H23N5O8S2/c1-9-7-37-21-13(24-17(29)12(26-35-3)11-5-4-6-36-11)19(31)27(21)15(9)18(30)25-14-20(32)28-16(23(33)34)10(2)8-38-22(14)28/h4-6,13-14,21-22H,7-8H2,1-3H3,(H,24,29)(H,25,30)(H,33,34)/b26-12-/t13-,14-,21-,22-/m1/s1. The zero-order valence-electron chi connectivity index (χ0n) is 20.4. The Bertz CT molecular complexity index is 1340. The Hall–Kier alpha value is -3.72. The Morgan fingerprint density at radius 2 is 1.61 bits per heavy atom. The normalized spacial score (nSPS) is 26.8.